The normalized spacial score (nSPS) is 23.8. The van der Waals surface area contributed by atoms with Crippen molar-refractivity contribution in [3.8, 4) is 0 Å². The monoisotopic (exact) mass is 223 g/mol. The number of rotatable bonds is 2. The third-order valence-electron chi connectivity index (χ3n) is 2.49. The van der Waals surface area contributed by atoms with Crippen molar-refractivity contribution in [2.75, 3.05) is 0 Å². The quantitative estimate of drug-likeness (QED) is 0.831. The van der Waals surface area contributed by atoms with Crippen molar-refractivity contribution in [3.63, 3.8) is 0 Å². The van der Waals surface area contributed by atoms with Gasteiger partial charge in [0.25, 0.3) is 0 Å². The topological polar surface area (TPSA) is 58.9 Å². The van der Waals surface area contributed by atoms with Gasteiger partial charge in [-0.1, -0.05) is 17.3 Å². The van der Waals surface area contributed by atoms with Crippen molar-refractivity contribution in [2.45, 2.75) is 18.9 Å². The molecular formula is C11H10FNO3. The summed E-state index contributed by atoms with van der Waals surface area (Å²) in [5.74, 6) is -1.40. The molecule has 0 radical (unpaired) electrons. The van der Waals surface area contributed by atoms with E-state index in [-0.39, 0.29) is 12.2 Å². The fraction of sp³-hybridized carbons (Fsp3) is 0.273. The maximum atomic E-state index is 12.7. The molecule has 1 heterocycles. The van der Waals surface area contributed by atoms with Crippen molar-refractivity contribution in [1.29, 1.82) is 0 Å². The Morgan fingerprint density at radius 2 is 2.12 bits per heavy atom. The summed E-state index contributed by atoms with van der Waals surface area (Å²) in [5, 5.41) is 12.6. The lowest BCUT2D eigenvalue weighted by Crippen LogP contribution is -2.35. The summed E-state index contributed by atoms with van der Waals surface area (Å²) in [6.45, 7) is 1.45. The molecule has 2 rings (SSSR count). The fourth-order valence-electron chi connectivity index (χ4n) is 1.45. The molecular weight excluding hydrogens is 213 g/mol. The van der Waals surface area contributed by atoms with Crippen LogP contribution in [-0.2, 0) is 9.63 Å². The Balaban J connectivity index is 2.20. The van der Waals surface area contributed by atoms with E-state index in [0.29, 0.717) is 11.3 Å². The summed E-state index contributed by atoms with van der Waals surface area (Å²) in [4.78, 5) is 15.8. The van der Waals surface area contributed by atoms with Crippen LogP contribution < -0.4 is 0 Å². The third-order valence-corrected chi connectivity index (χ3v) is 2.49. The third kappa shape index (κ3) is 1.76. The molecule has 0 saturated heterocycles. The second kappa shape index (κ2) is 3.59. The van der Waals surface area contributed by atoms with Crippen LogP contribution in [0.2, 0.25) is 0 Å². The van der Waals surface area contributed by atoms with E-state index in [1.807, 2.05) is 0 Å². The minimum absolute atomic E-state index is 0.175. The van der Waals surface area contributed by atoms with Gasteiger partial charge in [0.15, 0.2) is 0 Å². The maximum absolute atomic E-state index is 12.7. The summed E-state index contributed by atoms with van der Waals surface area (Å²) < 4.78 is 12.7. The molecule has 16 heavy (non-hydrogen) atoms. The molecule has 0 aromatic heterocycles. The molecule has 1 aliphatic heterocycles. The van der Waals surface area contributed by atoms with Crippen molar-refractivity contribution in [3.05, 3.63) is 35.6 Å². The van der Waals surface area contributed by atoms with Gasteiger partial charge in [-0.3, -0.25) is 0 Å². The van der Waals surface area contributed by atoms with Gasteiger partial charge in [-0.25, -0.2) is 9.18 Å². The number of carboxylic acids is 1. The molecule has 0 unspecified atom stereocenters. The average Bonchev–Trinajstić information content (AvgIpc) is 2.63. The van der Waals surface area contributed by atoms with Gasteiger partial charge >= 0.3 is 5.97 Å². The molecule has 1 atom stereocenters. The first-order valence-corrected chi connectivity index (χ1v) is 4.76. The van der Waals surface area contributed by atoms with E-state index in [0.717, 1.165) is 0 Å². The van der Waals surface area contributed by atoms with Crippen LogP contribution in [0.4, 0.5) is 4.39 Å². The molecule has 0 bridgehead atoms. The zero-order chi connectivity index (χ0) is 11.8. The molecule has 0 aliphatic carbocycles. The number of nitrogens with zero attached hydrogens (tertiary/aromatic N) is 1. The van der Waals surface area contributed by atoms with E-state index in [1.165, 1.54) is 19.1 Å². The Bertz CT molecular complexity index is 455. The standard InChI is InChI=1S/C11H10FNO3/c1-11(10(14)15)6-9(13-16-11)7-2-4-8(12)5-3-7/h2-5H,6H2,1H3,(H,14,15)/t11-/m1/s1. The van der Waals surface area contributed by atoms with E-state index in [4.69, 9.17) is 9.94 Å². The highest BCUT2D eigenvalue weighted by molar-refractivity contribution is 6.04. The largest absolute Gasteiger partial charge is 0.478 e. The second-order valence-electron chi connectivity index (χ2n) is 3.85. The highest BCUT2D eigenvalue weighted by atomic mass is 19.1. The van der Waals surface area contributed by atoms with Crippen molar-refractivity contribution in [2.24, 2.45) is 5.16 Å². The molecule has 5 heteroatoms. The number of hydrogen-bond donors (Lipinski definition) is 1. The lowest BCUT2D eigenvalue weighted by Gasteiger charge is -2.14. The molecule has 0 spiro atoms. The van der Waals surface area contributed by atoms with Crippen molar-refractivity contribution >= 4 is 11.7 Å². The number of aliphatic carboxylic acids is 1. The zero-order valence-electron chi connectivity index (χ0n) is 8.61. The predicted octanol–water partition coefficient (Wildman–Crippen LogP) is 1.79. The smallest absolute Gasteiger partial charge is 0.351 e. The molecule has 0 fully saturated rings. The molecule has 0 saturated carbocycles. The van der Waals surface area contributed by atoms with Gasteiger partial charge in [0.05, 0.1) is 5.71 Å². The maximum Gasteiger partial charge on any atom is 0.351 e. The number of hydrogen-bond acceptors (Lipinski definition) is 3. The molecule has 0 amide bonds. The van der Waals surface area contributed by atoms with E-state index < -0.39 is 11.6 Å². The van der Waals surface area contributed by atoms with E-state index >= 15 is 0 Å². The van der Waals surface area contributed by atoms with Crippen molar-refractivity contribution < 1.29 is 19.1 Å². The van der Waals surface area contributed by atoms with Crippen LogP contribution in [0.1, 0.15) is 18.9 Å². The zero-order valence-corrected chi connectivity index (χ0v) is 8.61. The number of halogens is 1. The van der Waals surface area contributed by atoms with Crippen LogP contribution in [0.5, 0.6) is 0 Å². The van der Waals surface area contributed by atoms with Gasteiger partial charge in [-0.2, -0.15) is 0 Å². The minimum atomic E-state index is -1.32. The van der Waals surface area contributed by atoms with Gasteiger partial charge in [0.2, 0.25) is 5.60 Å². The highest BCUT2D eigenvalue weighted by Crippen LogP contribution is 2.26. The number of carboxylic acid groups (broad SMARTS) is 1. The summed E-state index contributed by atoms with van der Waals surface area (Å²) in [7, 11) is 0. The van der Waals surface area contributed by atoms with Crippen LogP contribution >= 0.6 is 0 Å². The summed E-state index contributed by atoms with van der Waals surface area (Å²) >= 11 is 0. The Kier molecular flexibility index (Phi) is 2.38. The predicted molar refractivity (Wildman–Crippen MR) is 54.7 cm³/mol. The van der Waals surface area contributed by atoms with Crippen LogP contribution in [0, 0.1) is 5.82 Å². The molecule has 1 aromatic carbocycles. The summed E-state index contributed by atoms with van der Waals surface area (Å²) in [5.41, 5.74) is -0.125. The Hall–Kier alpha value is -1.91. The molecule has 4 nitrogen and oxygen atoms in total. The second-order valence-corrected chi connectivity index (χ2v) is 3.85. The van der Waals surface area contributed by atoms with Gasteiger partial charge in [0, 0.05) is 6.42 Å². The number of carbonyl (C=O) groups is 1. The first-order chi connectivity index (χ1) is 7.51. The summed E-state index contributed by atoms with van der Waals surface area (Å²) in [6.07, 6.45) is 0.175. The Morgan fingerprint density at radius 3 is 2.62 bits per heavy atom. The average molecular weight is 223 g/mol. The van der Waals surface area contributed by atoms with Crippen LogP contribution in [-0.4, -0.2) is 22.4 Å². The van der Waals surface area contributed by atoms with Crippen LogP contribution in [0.25, 0.3) is 0 Å². The Morgan fingerprint density at radius 1 is 1.50 bits per heavy atom. The fourth-order valence-corrected chi connectivity index (χ4v) is 1.45. The molecule has 84 valence electrons. The first kappa shape index (κ1) is 10.6. The van der Waals surface area contributed by atoms with Gasteiger partial charge in [0.1, 0.15) is 5.82 Å². The lowest BCUT2D eigenvalue weighted by molar-refractivity contribution is -0.160. The van der Waals surface area contributed by atoms with E-state index in [1.54, 1.807) is 12.1 Å². The molecule has 1 aromatic rings. The lowest BCUT2D eigenvalue weighted by atomic mass is 9.96. The van der Waals surface area contributed by atoms with Crippen LogP contribution in [0.3, 0.4) is 0 Å². The molecule has 1 aliphatic rings. The van der Waals surface area contributed by atoms with E-state index in [2.05, 4.69) is 5.16 Å². The number of benzene rings is 1. The minimum Gasteiger partial charge on any atom is -0.478 e. The van der Waals surface area contributed by atoms with Gasteiger partial charge in [-0.15, -0.1) is 0 Å². The van der Waals surface area contributed by atoms with Crippen molar-refractivity contribution in [1.82, 2.24) is 0 Å². The summed E-state index contributed by atoms with van der Waals surface area (Å²) in [6, 6.07) is 5.69. The van der Waals surface area contributed by atoms with Gasteiger partial charge in [-0.05, 0) is 24.6 Å². The number of oxime groups is 1. The first-order valence-electron chi connectivity index (χ1n) is 4.76. The highest BCUT2D eigenvalue weighted by Gasteiger charge is 2.42. The van der Waals surface area contributed by atoms with Gasteiger partial charge < -0.3 is 9.94 Å². The Labute approximate surface area is 91.3 Å². The van der Waals surface area contributed by atoms with E-state index in [9.17, 15) is 9.18 Å². The van der Waals surface area contributed by atoms with Crippen LogP contribution in [0.15, 0.2) is 29.4 Å². The molecule has 1 N–H and O–H groups in total. The SMILES string of the molecule is C[C@]1(C(=O)O)CC(c2ccc(F)cc2)=NO1.